The van der Waals surface area contributed by atoms with Gasteiger partial charge in [-0.15, -0.1) is 0 Å². The van der Waals surface area contributed by atoms with Crippen molar-refractivity contribution in [2.45, 2.75) is 25.3 Å². The van der Waals surface area contributed by atoms with E-state index in [0.29, 0.717) is 12.5 Å². The van der Waals surface area contributed by atoms with Crippen molar-refractivity contribution in [3.63, 3.8) is 0 Å². The number of ether oxygens (including phenoxy) is 2. The summed E-state index contributed by atoms with van der Waals surface area (Å²) in [6, 6.07) is 10.1. The number of nitrogens with zero attached hydrogens (tertiary/aromatic N) is 3. The van der Waals surface area contributed by atoms with Gasteiger partial charge in [0.15, 0.2) is 17.1 Å². The van der Waals surface area contributed by atoms with Gasteiger partial charge >= 0.3 is 0 Å². The number of aromatic nitrogens is 3. The van der Waals surface area contributed by atoms with Crippen molar-refractivity contribution in [1.82, 2.24) is 20.1 Å². The molecule has 0 atom stereocenters. The van der Waals surface area contributed by atoms with Crippen LogP contribution in [0.25, 0.3) is 11.0 Å². The van der Waals surface area contributed by atoms with Crippen molar-refractivity contribution in [2.24, 2.45) is 0 Å². The first kappa shape index (κ1) is 18.5. The monoisotopic (exact) mass is 378 g/mol. The molecule has 1 saturated heterocycles. The Morgan fingerprint density at radius 2 is 2.11 bits per heavy atom. The average molecular weight is 378 g/mol. The second kappa shape index (κ2) is 8.44. The zero-order valence-corrected chi connectivity index (χ0v) is 16.2. The summed E-state index contributed by atoms with van der Waals surface area (Å²) in [5, 5.41) is 8.72. The van der Waals surface area contributed by atoms with Gasteiger partial charge in [0.25, 0.3) is 0 Å². The molecule has 6 nitrogen and oxygen atoms in total. The SMILES string of the molecule is C=CCOc1c(CN2CCC(c3[nH]nc4ncccc34)CC2)cccc1OC. The number of fused-ring (bicyclic) bond motifs is 1. The van der Waals surface area contributed by atoms with Gasteiger partial charge in [0.05, 0.1) is 7.11 Å². The molecule has 0 saturated carbocycles. The van der Waals surface area contributed by atoms with Gasteiger partial charge in [-0.1, -0.05) is 24.8 Å². The summed E-state index contributed by atoms with van der Waals surface area (Å²) in [4.78, 5) is 6.81. The normalized spacial score (nSPS) is 15.6. The fourth-order valence-electron chi connectivity index (χ4n) is 3.95. The van der Waals surface area contributed by atoms with Crippen LogP contribution in [0, 0.1) is 0 Å². The standard InChI is InChI=1S/C22H26N4O2/c1-3-14-28-21-17(6-4-8-19(21)27-2)15-26-12-9-16(10-13-26)20-18-7-5-11-23-22(18)25-24-20/h3-8,11,16H,1,9-10,12-15H2,2H3,(H,23,24,25). The minimum Gasteiger partial charge on any atom is -0.493 e. The molecular weight excluding hydrogens is 352 g/mol. The molecule has 0 radical (unpaired) electrons. The Hall–Kier alpha value is -2.86. The second-order valence-corrected chi connectivity index (χ2v) is 7.11. The van der Waals surface area contributed by atoms with Crippen LogP contribution in [0.1, 0.15) is 30.0 Å². The van der Waals surface area contributed by atoms with E-state index in [1.807, 2.05) is 18.2 Å². The molecule has 0 spiro atoms. The van der Waals surface area contributed by atoms with Crippen molar-refractivity contribution >= 4 is 11.0 Å². The molecule has 0 amide bonds. The smallest absolute Gasteiger partial charge is 0.181 e. The van der Waals surface area contributed by atoms with Crippen LogP contribution in [0.3, 0.4) is 0 Å². The van der Waals surface area contributed by atoms with Crippen molar-refractivity contribution in [3.05, 3.63) is 60.4 Å². The Morgan fingerprint density at radius 3 is 2.89 bits per heavy atom. The van der Waals surface area contributed by atoms with Crippen LogP contribution in [0.5, 0.6) is 11.5 Å². The predicted octanol–water partition coefficient (Wildman–Crippen LogP) is 3.91. The number of likely N-dealkylation sites (tertiary alicyclic amines) is 1. The summed E-state index contributed by atoms with van der Waals surface area (Å²) < 4.78 is 11.4. The highest BCUT2D eigenvalue weighted by Crippen LogP contribution is 2.35. The van der Waals surface area contributed by atoms with Crippen molar-refractivity contribution in [3.8, 4) is 11.5 Å². The molecule has 4 rings (SSSR count). The summed E-state index contributed by atoms with van der Waals surface area (Å²) in [6.45, 7) is 7.12. The van der Waals surface area contributed by atoms with E-state index >= 15 is 0 Å². The Balaban J connectivity index is 1.44. The lowest BCUT2D eigenvalue weighted by Gasteiger charge is -2.32. The fourth-order valence-corrected chi connectivity index (χ4v) is 3.95. The number of hydrogen-bond donors (Lipinski definition) is 1. The minimum absolute atomic E-state index is 0.469. The fraction of sp³-hybridized carbons (Fsp3) is 0.364. The first-order valence-electron chi connectivity index (χ1n) is 9.71. The topological polar surface area (TPSA) is 63.3 Å². The zero-order chi connectivity index (χ0) is 19.3. The zero-order valence-electron chi connectivity index (χ0n) is 16.2. The molecular formula is C22H26N4O2. The lowest BCUT2D eigenvalue weighted by Crippen LogP contribution is -2.32. The molecule has 1 aromatic carbocycles. The Bertz CT molecular complexity index is 945. The van der Waals surface area contributed by atoms with Crippen LogP contribution in [-0.4, -0.2) is 46.9 Å². The predicted molar refractivity (Wildman–Crippen MR) is 110 cm³/mol. The van der Waals surface area contributed by atoms with Gasteiger partial charge in [0, 0.05) is 35.3 Å². The van der Waals surface area contributed by atoms with Crippen LogP contribution < -0.4 is 9.47 Å². The van der Waals surface area contributed by atoms with Crippen LogP contribution in [0.2, 0.25) is 0 Å². The summed E-state index contributed by atoms with van der Waals surface area (Å²) in [5.41, 5.74) is 3.18. The number of H-pyrrole nitrogens is 1. The van der Waals surface area contributed by atoms with Crippen LogP contribution in [0.15, 0.2) is 49.2 Å². The lowest BCUT2D eigenvalue weighted by molar-refractivity contribution is 0.200. The molecule has 0 aliphatic carbocycles. The third kappa shape index (κ3) is 3.73. The Morgan fingerprint density at radius 1 is 1.25 bits per heavy atom. The first-order chi connectivity index (χ1) is 13.8. The number of nitrogens with one attached hydrogen (secondary N) is 1. The molecule has 2 aromatic heterocycles. The molecule has 28 heavy (non-hydrogen) atoms. The number of methoxy groups -OCH3 is 1. The van der Waals surface area contributed by atoms with Gasteiger partial charge in [-0.2, -0.15) is 5.10 Å². The number of hydrogen-bond acceptors (Lipinski definition) is 5. The van der Waals surface area contributed by atoms with E-state index in [2.05, 4.69) is 38.8 Å². The largest absolute Gasteiger partial charge is 0.493 e. The first-order valence-corrected chi connectivity index (χ1v) is 9.71. The maximum atomic E-state index is 5.89. The summed E-state index contributed by atoms with van der Waals surface area (Å²) >= 11 is 0. The summed E-state index contributed by atoms with van der Waals surface area (Å²) in [5.74, 6) is 2.08. The molecule has 0 unspecified atom stereocenters. The molecule has 146 valence electrons. The number of pyridine rings is 1. The molecule has 3 aromatic rings. The molecule has 1 aliphatic heterocycles. The second-order valence-electron chi connectivity index (χ2n) is 7.11. The molecule has 1 aliphatic rings. The summed E-state index contributed by atoms with van der Waals surface area (Å²) in [7, 11) is 1.68. The van der Waals surface area contributed by atoms with E-state index in [1.165, 1.54) is 5.69 Å². The number of benzene rings is 1. The molecule has 3 heterocycles. The quantitative estimate of drug-likeness (QED) is 0.632. The molecule has 1 fully saturated rings. The van der Waals surface area contributed by atoms with E-state index in [-0.39, 0.29) is 0 Å². The van der Waals surface area contributed by atoms with Gasteiger partial charge in [-0.3, -0.25) is 10.00 Å². The van der Waals surface area contributed by atoms with Gasteiger partial charge in [-0.25, -0.2) is 4.98 Å². The van der Waals surface area contributed by atoms with Crippen LogP contribution in [-0.2, 0) is 6.54 Å². The third-order valence-corrected chi connectivity index (χ3v) is 5.37. The highest BCUT2D eigenvalue weighted by molar-refractivity contribution is 5.77. The number of aromatic amines is 1. The maximum Gasteiger partial charge on any atom is 0.181 e. The Kier molecular flexibility index (Phi) is 5.58. The van der Waals surface area contributed by atoms with E-state index in [0.717, 1.165) is 60.6 Å². The van der Waals surface area contributed by atoms with Crippen molar-refractivity contribution < 1.29 is 9.47 Å². The Labute approximate surface area is 165 Å². The highest BCUT2D eigenvalue weighted by atomic mass is 16.5. The van der Waals surface area contributed by atoms with Gasteiger partial charge < -0.3 is 9.47 Å². The average Bonchev–Trinajstić information content (AvgIpc) is 3.17. The van der Waals surface area contributed by atoms with Crippen LogP contribution >= 0.6 is 0 Å². The number of piperidine rings is 1. The van der Waals surface area contributed by atoms with Crippen molar-refractivity contribution in [1.29, 1.82) is 0 Å². The van der Waals surface area contributed by atoms with Gasteiger partial charge in [0.2, 0.25) is 0 Å². The van der Waals surface area contributed by atoms with Gasteiger partial charge in [0.1, 0.15) is 6.61 Å². The summed E-state index contributed by atoms with van der Waals surface area (Å²) in [6.07, 6.45) is 5.74. The number of para-hydroxylation sites is 1. The minimum atomic E-state index is 0.469. The van der Waals surface area contributed by atoms with Crippen molar-refractivity contribution in [2.75, 3.05) is 26.8 Å². The van der Waals surface area contributed by atoms with E-state index in [1.54, 1.807) is 19.4 Å². The lowest BCUT2D eigenvalue weighted by atomic mass is 9.92. The van der Waals surface area contributed by atoms with E-state index < -0.39 is 0 Å². The molecule has 1 N–H and O–H groups in total. The third-order valence-electron chi connectivity index (χ3n) is 5.37. The van der Waals surface area contributed by atoms with E-state index in [9.17, 15) is 0 Å². The highest BCUT2D eigenvalue weighted by Gasteiger charge is 2.24. The molecule has 0 bridgehead atoms. The number of rotatable bonds is 7. The van der Waals surface area contributed by atoms with Gasteiger partial charge in [-0.05, 0) is 44.1 Å². The molecule has 6 heteroatoms. The van der Waals surface area contributed by atoms with E-state index in [4.69, 9.17) is 9.47 Å². The van der Waals surface area contributed by atoms with Crippen LogP contribution in [0.4, 0.5) is 0 Å². The maximum absolute atomic E-state index is 5.89.